The van der Waals surface area contributed by atoms with E-state index in [0.717, 1.165) is 11.6 Å². The van der Waals surface area contributed by atoms with Gasteiger partial charge in [0.05, 0.1) is 0 Å². The fraction of sp³-hybridized carbons (Fsp3) is 0.167. The fourth-order valence-corrected chi connectivity index (χ4v) is 3.55. The van der Waals surface area contributed by atoms with Crippen molar-refractivity contribution < 1.29 is 25.8 Å². The van der Waals surface area contributed by atoms with Crippen LogP contribution in [0.5, 0.6) is 5.75 Å². The molecular weight excluding hydrogens is 366 g/mol. The topological polar surface area (TPSA) is 73.6 Å². The van der Waals surface area contributed by atoms with Crippen molar-refractivity contribution in [2.75, 3.05) is 0 Å². The second-order valence-electron chi connectivity index (χ2n) is 5.95. The van der Waals surface area contributed by atoms with Gasteiger partial charge in [0, 0.05) is 17.5 Å². The van der Waals surface area contributed by atoms with Gasteiger partial charge in [-0.3, -0.25) is 0 Å². The van der Waals surface area contributed by atoms with Crippen LogP contribution in [0.3, 0.4) is 0 Å². The molecule has 5 nitrogen and oxygen atoms in total. The van der Waals surface area contributed by atoms with E-state index in [2.05, 4.69) is 0 Å². The van der Waals surface area contributed by atoms with Gasteiger partial charge in [0.2, 0.25) is 0 Å². The highest BCUT2D eigenvalue weighted by Crippen LogP contribution is 2.29. The van der Waals surface area contributed by atoms with E-state index in [0.29, 0.717) is 17.5 Å². The highest BCUT2D eigenvalue weighted by Gasteiger charge is 2.23. The Kier molecular flexibility index (Phi) is 4.53. The number of fused-ring (bicyclic) bond motifs is 1. The van der Waals surface area contributed by atoms with Crippen LogP contribution in [0, 0.1) is 11.6 Å². The summed E-state index contributed by atoms with van der Waals surface area (Å²) in [5.41, 5.74) is 0.285. The van der Waals surface area contributed by atoms with E-state index >= 15 is 0 Å². The van der Waals surface area contributed by atoms with Crippen molar-refractivity contribution in [3.63, 3.8) is 0 Å². The first-order valence-corrected chi connectivity index (χ1v) is 9.05. The van der Waals surface area contributed by atoms with Crippen molar-refractivity contribution in [2.24, 2.45) is 0 Å². The SMILES string of the molecule is CC(C)c1cc(=O)oc2cc(OS(=O)(=O)c3cc(F)ccc3F)ccc12. The number of hydrogen-bond donors (Lipinski definition) is 0. The van der Waals surface area contributed by atoms with Crippen LogP contribution >= 0.6 is 0 Å². The van der Waals surface area contributed by atoms with Crippen molar-refractivity contribution in [1.82, 2.24) is 0 Å². The molecule has 0 saturated carbocycles. The van der Waals surface area contributed by atoms with Crippen molar-refractivity contribution in [3.05, 3.63) is 70.1 Å². The summed E-state index contributed by atoms with van der Waals surface area (Å²) in [4.78, 5) is 10.8. The van der Waals surface area contributed by atoms with Crippen molar-refractivity contribution in [1.29, 1.82) is 0 Å². The Morgan fingerprint density at radius 3 is 2.46 bits per heavy atom. The van der Waals surface area contributed by atoms with Gasteiger partial charge in [-0.05, 0) is 41.8 Å². The van der Waals surface area contributed by atoms with Crippen LogP contribution in [0.15, 0.2) is 56.6 Å². The molecule has 0 atom stereocenters. The van der Waals surface area contributed by atoms with E-state index in [4.69, 9.17) is 8.60 Å². The van der Waals surface area contributed by atoms with Gasteiger partial charge in [-0.25, -0.2) is 13.6 Å². The van der Waals surface area contributed by atoms with E-state index in [1.165, 1.54) is 18.2 Å². The molecule has 0 bridgehead atoms. The quantitative estimate of drug-likeness (QED) is 0.506. The van der Waals surface area contributed by atoms with Gasteiger partial charge in [-0.2, -0.15) is 8.42 Å². The molecule has 0 fully saturated rings. The van der Waals surface area contributed by atoms with Crippen LogP contribution in [0.2, 0.25) is 0 Å². The molecule has 0 aliphatic carbocycles. The van der Waals surface area contributed by atoms with Crippen LogP contribution in [0.4, 0.5) is 8.78 Å². The highest BCUT2D eigenvalue weighted by atomic mass is 32.2. The normalized spacial score (nSPS) is 11.9. The molecule has 26 heavy (non-hydrogen) atoms. The third-order valence-corrected chi connectivity index (χ3v) is 5.00. The fourth-order valence-electron chi connectivity index (χ4n) is 2.54. The zero-order chi connectivity index (χ0) is 19.1. The number of hydrogen-bond acceptors (Lipinski definition) is 5. The van der Waals surface area contributed by atoms with Gasteiger partial charge in [0.1, 0.15) is 27.9 Å². The standard InChI is InChI=1S/C18H14F2O5S/c1-10(2)14-9-18(21)24-16-8-12(4-5-13(14)16)25-26(22,23)17-7-11(19)3-6-15(17)20/h3-10H,1-2H3. The summed E-state index contributed by atoms with van der Waals surface area (Å²) in [6.07, 6.45) is 0. The number of benzene rings is 2. The predicted molar refractivity (Wildman–Crippen MR) is 90.7 cm³/mol. The van der Waals surface area contributed by atoms with Gasteiger partial charge in [0.15, 0.2) is 0 Å². The molecule has 1 aromatic heterocycles. The molecule has 0 unspecified atom stereocenters. The summed E-state index contributed by atoms with van der Waals surface area (Å²) in [5, 5.41) is 0.626. The minimum atomic E-state index is -4.61. The van der Waals surface area contributed by atoms with Crippen LogP contribution in [-0.4, -0.2) is 8.42 Å². The van der Waals surface area contributed by atoms with E-state index in [1.54, 1.807) is 6.07 Å². The molecule has 0 spiro atoms. The lowest BCUT2D eigenvalue weighted by Crippen LogP contribution is -2.12. The Hall–Kier alpha value is -2.74. The highest BCUT2D eigenvalue weighted by molar-refractivity contribution is 7.87. The predicted octanol–water partition coefficient (Wildman–Crippen LogP) is 3.96. The van der Waals surface area contributed by atoms with Gasteiger partial charge < -0.3 is 8.60 Å². The monoisotopic (exact) mass is 380 g/mol. The van der Waals surface area contributed by atoms with Crippen molar-refractivity contribution in [3.8, 4) is 5.75 Å². The average molecular weight is 380 g/mol. The average Bonchev–Trinajstić information content (AvgIpc) is 2.55. The molecule has 0 aliphatic heterocycles. The van der Waals surface area contributed by atoms with Gasteiger partial charge in [0.25, 0.3) is 0 Å². The summed E-state index contributed by atoms with van der Waals surface area (Å²) >= 11 is 0. The minimum Gasteiger partial charge on any atom is -0.423 e. The lowest BCUT2D eigenvalue weighted by Gasteiger charge is -2.11. The first-order chi connectivity index (χ1) is 12.2. The molecule has 0 amide bonds. The summed E-state index contributed by atoms with van der Waals surface area (Å²) in [5.74, 6) is -2.20. The summed E-state index contributed by atoms with van der Waals surface area (Å²) in [6.45, 7) is 3.80. The zero-order valence-corrected chi connectivity index (χ0v) is 14.6. The lowest BCUT2D eigenvalue weighted by atomic mass is 10.00. The van der Waals surface area contributed by atoms with E-state index in [-0.39, 0.29) is 17.3 Å². The van der Waals surface area contributed by atoms with Crippen molar-refractivity contribution in [2.45, 2.75) is 24.7 Å². The molecule has 3 aromatic rings. The second-order valence-corrected chi connectivity index (χ2v) is 7.46. The molecular formula is C18H14F2O5S. The Bertz CT molecular complexity index is 1150. The van der Waals surface area contributed by atoms with Crippen molar-refractivity contribution >= 4 is 21.1 Å². The Balaban J connectivity index is 2.06. The second kappa shape index (κ2) is 6.53. The van der Waals surface area contributed by atoms with Gasteiger partial charge in [-0.1, -0.05) is 13.8 Å². The van der Waals surface area contributed by atoms with Crippen LogP contribution in [0.1, 0.15) is 25.3 Å². The Labute approximate surface area is 148 Å². The summed E-state index contributed by atoms with van der Waals surface area (Å²) in [7, 11) is -4.61. The first kappa shape index (κ1) is 18.1. The summed E-state index contributed by atoms with van der Waals surface area (Å²) in [6, 6.07) is 7.50. The maximum atomic E-state index is 13.7. The molecule has 0 aliphatic rings. The molecule has 8 heteroatoms. The number of rotatable bonds is 4. The van der Waals surface area contributed by atoms with Gasteiger partial charge in [-0.15, -0.1) is 0 Å². The third-order valence-electron chi connectivity index (χ3n) is 3.74. The van der Waals surface area contributed by atoms with E-state index in [1.807, 2.05) is 13.8 Å². The lowest BCUT2D eigenvalue weighted by molar-refractivity contribution is 0.473. The van der Waals surface area contributed by atoms with Crippen LogP contribution < -0.4 is 9.81 Å². The first-order valence-electron chi connectivity index (χ1n) is 7.65. The summed E-state index contributed by atoms with van der Waals surface area (Å²) < 4.78 is 61.4. The molecule has 0 radical (unpaired) electrons. The molecule has 136 valence electrons. The van der Waals surface area contributed by atoms with Crippen LogP contribution in [0.25, 0.3) is 11.0 Å². The molecule has 0 N–H and O–H groups in total. The molecule has 2 aromatic carbocycles. The Morgan fingerprint density at radius 2 is 1.77 bits per heavy atom. The largest absolute Gasteiger partial charge is 0.423 e. The van der Waals surface area contributed by atoms with Crippen LogP contribution in [-0.2, 0) is 10.1 Å². The van der Waals surface area contributed by atoms with E-state index in [9.17, 15) is 22.0 Å². The maximum Gasteiger partial charge on any atom is 0.342 e. The zero-order valence-electron chi connectivity index (χ0n) is 13.8. The third kappa shape index (κ3) is 3.45. The van der Waals surface area contributed by atoms with E-state index < -0.39 is 32.3 Å². The minimum absolute atomic E-state index is 0.0403. The molecule has 1 heterocycles. The molecule has 0 saturated heterocycles. The van der Waals surface area contributed by atoms with Gasteiger partial charge >= 0.3 is 15.7 Å². The number of halogens is 2. The maximum absolute atomic E-state index is 13.7. The Morgan fingerprint density at radius 1 is 1.04 bits per heavy atom. The molecule has 3 rings (SSSR count). The smallest absolute Gasteiger partial charge is 0.342 e.